The molecular formula is C18H21N5O3. The van der Waals surface area contributed by atoms with E-state index in [0.29, 0.717) is 29.8 Å². The van der Waals surface area contributed by atoms with Gasteiger partial charge >= 0.3 is 0 Å². The predicted molar refractivity (Wildman–Crippen MR) is 92.6 cm³/mol. The van der Waals surface area contributed by atoms with Crippen LogP contribution in [-0.2, 0) is 9.47 Å². The summed E-state index contributed by atoms with van der Waals surface area (Å²) < 4.78 is 18.6. The third-order valence-corrected chi connectivity index (χ3v) is 4.30. The van der Waals surface area contributed by atoms with Gasteiger partial charge in [-0.15, -0.1) is 0 Å². The fourth-order valence-electron chi connectivity index (χ4n) is 2.85. The SMILES string of the molecule is CC(OCC1CCCCO1)c1nc(-c2cccc(-n3cccn3)n2)no1. The van der Waals surface area contributed by atoms with Crippen LogP contribution in [0.4, 0.5) is 0 Å². The van der Waals surface area contributed by atoms with Gasteiger partial charge in [0.05, 0.1) is 12.7 Å². The number of ether oxygens (including phenoxy) is 2. The van der Waals surface area contributed by atoms with Crippen molar-refractivity contribution in [2.75, 3.05) is 13.2 Å². The summed E-state index contributed by atoms with van der Waals surface area (Å²) in [7, 11) is 0. The van der Waals surface area contributed by atoms with Crippen LogP contribution < -0.4 is 0 Å². The van der Waals surface area contributed by atoms with Gasteiger partial charge in [0.2, 0.25) is 5.82 Å². The molecule has 1 saturated heterocycles. The van der Waals surface area contributed by atoms with Crippen LogP contribution in [0.15, 0.2) is 41.2 Å². The Morgan fingerprint density at radius 3 is 3.04 bits per heavy atom. The van der Waals surface area contributed by atoms with Crippen LogP contribution in [0, 0.1) is 0 Å². The third-order valence-electron chi connectivity index (χ3n) is 4.30. The van der Waals surface area contributed by atoms with E-state index in [1.54, 1.807) is 10.9 Å². The van der Waals surface area contributed by atoms with Gasteiger partial charge in [-0.25, -0.2) is 9.67 Å². The molecule has 0 aromatic carbocycles. The first-order valence-electron chi connectivity index (χ1n) is 8.84. The Morgan fingerprint density at radius 1 is 1.27 bits per heavy atom. The molecule has 1 aliphatic heterocycles. The maximum absolute atomic E-state index is 5.84. The normalized spacial score (nSPS) is 18.7. The number of aromatic nitrogens is 5. The summed E-state index contributed by atoms with van der Waals surface area (Å²) in [5.41, 5.74) is 0.621. The average Bonchev–Trinajstić information content (AvgIpc) is 3.39. The monoisotopic (exact) mass is 355 g/mol. The zero-order chi connectivity index (χ0) is 17.8. The van der Waals surface area contributed by atoms with Gasteiger partial charge in [-0.1, -0.05) is 11.2 Å². The first-order chi connectivity index (χ1) is 12.8. The van der Waals surface area contributed by atoms with Gasteiger partial charge in [0.15, 0.2) is 5.82 Å². The Labute approximate surface area is 151 Å². The van der Waals surface area contributed by atoms with Gasteiger partial charge in [0.1, 0.15) is 11.8 Å². The molecule has 0 saturated carbocycles. The van der Waals surface area contributed by atoms with Gasteiger partial charge < -0.3 is 14.0 Å². The fourth-order valence-corrected chi connectivity index (χ4v) is 2.85. The molecule has 136 valence electrons. The molecule has 0 amide bonds. The molecule has 1 fully saturated rings. The highest BCUT2D eigenvalue weighted by Crippen LogP contribution is 2.21. The van der Waals surface area contributed by atoms with Crippen LogP contribution in [0.1, 0.15) is 38.2 Å². The van der Waals surface area contributed by atoms with Crippen LogP contribution in [0.2, 0.25) is 0 Å². The summed E-state index contributed by atoms with van der Waals surface area (Å²) in [6.07, 6.45) is 6.74. The van der Waals surface area contributed by atoms with Gasteiger partial charge in [-0.05, 0) is 44.4 Å². The summed E-state index contributed by atoms with van der Waals surface area (Å²) in [6.45, 7) is 3.24. The predicted octanol–water partition coefficient (Wildman–Crippen LogP) is 2.96. The van der Waals surface area contributed by atoms with Gasteiger partial charge in [-0.3, -0.25) is 0 Å². The summed E-state index contributed by atoms with van der Waals surface area (Å²) in [4.78, 5) is 8.96. The van der Waals surface area contributed by atoms with Crippen LogP contribution in [0.5, 0.6) is 0 Å². The molecule has 26 heavy (non-hydrogen) atoms. The zero-order valence-corrected chi connectivity index (χ0v) is 14.6. The number of hydrogen-bond donors (Lipinski definition) is 0. The molecule has 8 nitrogen and oxygen atoms in total. The molecule has 0 spiro atoms. The zero-order valence-electron chi connectivity index (χ0n) is 14.6. The topological polar surface area (TPSA) is 88.1 Å². The molecule has 2 unspecified atom stereocenters. The first-order valence-corrected chi connectivity index (χ1v) is 8.84. The molecule has 0 bridgehead atoms. The van der Waals surface area contributed by atoms with E-state index in [9.17, 15) is 0 Å². The summed E-state index contributed by atoms with van der Waals surface area (Å²) in [6, 6.07) is 7.43. The lowest BCUT2D eigenvalue weighted by atomic mass is 10.1. The second-order valence-corrected chi connectivity index (χ2v) is 6.25. The maximum Gasteiger partial charge on any atom is 0.255 e. The number of pyridine rings is 1. The Kier molecular flexibility index (Phi) is 5.03. The van der Waals surface area contributed by atoms with E-state index in [1.165, 1.54) is 6.42 Å². The smallest absolute Gasteiger partial charge is 0.255 e. The minimum Gasteiger partial charge on any atom is -0.376 e. The molecule has 1 aliphatic rings. The second-order valence-electron chi connectivity index (χ2n) is 6.25. The lowest BCUT2D eigenvalue weighted by Gasteiger charge is -2.23. The van der Waals surface area contributed by atoms with E-state index < -0.39 is 0 Å². The largest absolute Gasteiger partial charge is 0.376 e. The second kappa shape index (κ2) is 7.76. The number of nitrogens with zero attached hydrogens (tertiary/aromatic N) is 5. The number of rotatable bonds is 6. The summed E-state index contributed by atoms with van der Waals surface area (Å²) >= 11 is 0. The minimum atomic E-state index is -0.295. The molecule has 0 aliphatic carbocycles. The van der Waals surface area contributed by atoms with Gasteiger partial charge in [0, 0.05) is 19.0 Å². The molecule has 4 rings (SSSR count). The molecule has 2 atom stereocenters. The highest BCUT2D eigenvalue weighted by atomic mass is 16.6. The average molecular weight is 355 g/mol. The van der Waals surface area contributed by atoms with Gasteiger partial charge in [-0.2, -0.15) is 10.1 Å². The Bertz CT molecular complexity index is 827. The van der Waals surface area contributed by atoms with Crippen LogP contribution in [-0.4, -0.2) is 44.2 Å². The van der Waals surface area contributed by atoms with Gasteiger partial charge in [0.25, 0.3) is 5.89 Å². The van der Waals surface area contributed by atoms with Crippen molar-refractivity contribution in [3.63, 3.8) is 0 Å². The molecule has 0 radical (unpaired) electrons. The highest BCUT2D eigenvalue weighted by molar-refractivity contribution is 5.50. The number of hydrogen-bond acceptors (Lipinski definition) is 7. The van der Waals surface area contributed by atoms with E-state index in [-0.39, 0.29) is 12.2 Å². The van der Waals surface area contributed by atoms with Crippen molar-refractivity contribution >= 4 is 0 Å². The molecule has 3 aromatic rings. The van der Waals surface area contributed by atoms with Crippen molar-refractivity contribution in [3.8, 4) is 17.3 Å². The quantitative estimate of drug-likeness (QED) is 0.671. The fraction of sp³-hybridized carbons (Fsp3) is 0.444. The summed E-state index contributed by atoms with van der Waals surface area (Å²) in [5, 5.41) is 8.22. The first kappa shape index (κ1) is 16.9. The van der Waals surface area contributed by atoms with Crippen molar-refractivity contribution in [3.05, 3.63) is 42.5 Å². The van der Waals surface area contributed by atoms with Crippen LogP contribution in [0.25, 0.3) is 17.3 Å². The van der Waals surface area contributed by atoms with Crippen molar-refractivity contribution in [1.29, 1.82) is 0 Å². The van der Waals surface area contributed by atoms with E-state index in [2.05, 4.69) is 20.2 Å². The molecular weight excluding hydrogens is 334 g/mol. The van der Waals surface area contributed by atoms with Crippen molar-refractivity contribution in [2.45, 2.75) is 38.4 Å². The van der Waals surface area contributed by atoms with E-state index in [1.807, 2.05) is 37.4 Å². The Balaban J connectivity index is 1.43. The van der Waals surface area contributed by atoms with E-state index in [4.69, 9.17) is 14.0 Å². The Hall–Kier alpha value is -2.58. The molecule has 0 N–H and O–H groups in total. The summed E-state index contributed by atoms with van der Waals surface area (Å²) in [5.74, 6) is 1.55. The minimum absolute atomic E-state index is 0.154. The molecule has 3 aromatic heterocycles. The maximum atomic E-state index is 5.84. The lowest BCUT2D eigenvalue weighted by Crippen LogP contribution is -2.25. The highest BCUT2D eigenvalue weighted by Gasteiger charge is 2.20. The van der Waals surface area contributed by atoms with E-state index >= 15 is 0 Å². The van der Waals surface area contributed by atoms with Crippen LogP contribution >= 0.6 is 0 Å². The molecule has 4 heterocycles. The van der Waals surface area contributed by atoms with E-state index in [0.717, 1.165) is 19.4 Å². The molecule has 8 heteroatoms. The van der Waals surface area contributed by atoms with Crippen molar-refractivity contribution < 1.29 is 14.0 Å². The standard InChI is InChI=1S/C18H21N5O3/c1-13(25-12-14-6-2-3-11-24-14)18-21-17(22-26-18)15-7-4-8-16(20-15)23-10-5-9-19-23/h4-5,7-10,13-14H,2-3,6,11-12H2,1H3. The Morgan fingerprint density at radius 2 is 2.23 bits per heavy atom. The third kappa shape index (κ3) is 3.81. The van der Waals surface area contributed by atoms with Crippen molar-refractivity contribution in [1.82, 2.24) is 24.9 Å². The lowest BCUT2D eigenvalue weighted by molar-refractivity contribution is -0.0656. The van der Waals surface area contributed by atoms with Crippen molar-refractivity contribution in [2.24, 2.45) is 0 Å². The van der Waals surface area contributed by atoms with Crippen LogP contribution in [0.3, 0.4) is 0 Å².